The number of carbonyl (C=O) groups is 2. The van der Waals surface area contributed by atoms with Gasteiger partial charge in [-0.25, -0.2) is 4.90 Å². The zero-order valence-electron chi connectivity index (χ0n) is 12.6. The third-order valence-electron chi connectivity index (χ3n) is 3.93. The van der Waals surface area contributed by atoms with Crippen molar-refractivity contribution in [2.45, 2.75) is 19.3 Å². The molecule has 1 aliphatic rings. The molecule has 2 aromatic carbocycles. The number of aromatic hydroxyl groups is 1. The van der Waals surface area contributed by atoms with Crippen molar-refractivity contribution < 1.29 is 14.7 Å². The van der Waals surface area contributed by atoms with E-state index in [1.807, 2.05) is 30.3 Å². The van der Waals surface area contributed by atoms with Gasteiger partial charge in [-0.15, -0.1) is 0 Å². The van der Waals surface area contributed by atoms with Gasteiger partial charge >= 0.3 is 0 Å². The Hall–Kier alpha value is -2.88. The van der Waals surface area contributed by atoms with Crippen LogP contribution in [0.1, 0.15) is 17.5 Å². The van der Waals surface area contributed by atoms with Crippen LogP contribution >= 0.6 is 0 Å². The fraction of sp³-hybridized carbons (Fsp3) is 0.158. The van der Waals surface area contributed by atoms with E-state index in [1.54, 1.807) is 18.2 Å². The lowest BCUT2D eigenvalue weighted by Gasteiger charge is -2.18. The first-order chi connectivity index (χ1) is 11.2. The molecule has 0 spiro atoms. The number of amides is 2. The van der Waals surface area contributed by atoms with Gasteiger partial charge in [0.2, 0.25) is 0 Å². The van der Waals surface area contributed by atoms with Crippen molar-refractivity contribution in [2.75, 3.05) is 4.90 Å². The molecule has 1 heterocycles. The van der Waals surface area contributed by atoms with Crippen LogP contribution < -0.4 is 4.90 Å². The maximum atomic E-state index is 11.9. The van der Waals surface area contributed by atoms with E-state index < -0.39 is 0 Å². The quantitative estimate of drug-likeness (QED) is 0.864. The summed E-state index contributed by atoms with van der Waals surface area (Å²) < 4.78 is 0. The molecule has 0 unspecified atom stereocenters. The monoisotopic (exact) mass is 307 g/mol. The lowest BCUT2D eigenvalue weighted by atomic mass is 10.0. The van der Waals surface area contributed by atoms with Crippen molar-refractivity contribution in [3.8, 4) is 5.75 Å². The zero-order valence-corrected chi connectivity index (χ0v) is 12.6. The molecule has 0 bridgehead atoms. The zero-order chi connectivity index (χ0) is 16.2. The van der Waals surface area contributed by atoms with Crippen molar-refractivity contribution in [1.82, 2.24) is 0 Å². The summed E-state index contributed by atoms with van der Waals surface area (Å²) in [6.45, 7) is 0. The second kappa shape index (κ2) is 6.48. The summed E-state index contributed by atoms with van der Waals surface area (Å²) in [7, 11) is 0. The van der Waals surface area contributed by atoms with E-state index in [4.69, 9.17) is 0 Å². The van der Waals surface area contributed by atoms with Crippen molar-refractivity contribution in [3.63, 3.8) is 0 Å². The number of imide groups is 1. The molecule has 0 aromatic heterocycles. The molecule has 3 rings (SSSR count). The second-order valence-corrected chi connectivity index (χ2v) is 5.46. The summed E-state index contributed by atoms with van der Waals surface area (Å²) in [5.41, 5.74) is 2.50. The first-order valence-electron chi connectivity index (χ1n) is 7.58. The van der Waals surface area contributed by atoms with Crippen LogP contribution in [0.4, 0.5) is 5.69 Å². The minimum atomic E-state index is -0.303. The number of hydrogen-bond donors (Lipinski definition) is 1. The van der Waals surface area contributed by atoms with Crippen molar-refractivity contribution in [2.24, 2.45) is 0 Å². The highest BCUT2D eigenvalue weighted by atomic mass is 16.3. The first-order valence-corrected chi connectivity index (χ1v) is 7.58. The molecule has 4 heteroatoms. The van der Waals surface area contributed by atoms with E-state index in [2.05, 4.69) is 0 Å². The summed E-state index contributed by atoms with van der Waals surface area (Å²) >= 11 is 0. The number of rotatable bonds is 5. The van der Waals surface area contributed by atoms with Crippen LogP contribution in [0, 0.1) is 0 Å². The molecule has 0 saturated heterocycles. The summed E-state index contributed by atoms with van der Waals surface area (Å²) in [5, 5.41) is 9.80. The SMILES string of the molecule is O=C1C=CC(=O)N1c1ccccc1CCCc1ccccc1O. The Balaban J connectivity index is 1.73. The molecule has 0 fully saturated rings. The van der Waals surface area contributed by atoms with Gasteiger partial charge in [-0.1, -0.05) is 36.4 Å². The van der Waals surface area contributed by atoms with E-state index >= 15 is 0 Å². The first kappa shape index (κ1) is 15.0. The average Bonchev–Trinajstić information content (AvgIpc) is 2.89. The van der Waals surface area contributed by atoms with Crippen molar-refractivity contribution in [3.05, 3.63) is 71.8 Å². The van der Waals surface area contributed by atoms with E-state index in [0.29, 0.717) is 11.4 Å². The minimum absolute atomic E-state index is 0.301. The molecule has 0 radical (unpaired) electrons. The smallest absolute Gasteiger partial charge is 0.258 e. The number of phenolic OH excluding ortho intramolecular Hbond substituents is 1. The number of hydrogen-bond acceptors (Lipinski definition) is 3. The number of para-hydroxylation sites is 2. The Morgan fingerprint density at radius 2 is 1.35 bits per heavy atom. The lowest BCUT2D eigenvalue weighted by molar-refractivity contribution is -0.119. The Labute approximate surface area is 134 Å². The molecule has 116 valence electrons. The third-order valence-corrected chi connectivity index (χ3v) is 3.93. The van der Waals surface area contributed by atoms with Gasteiger partial charge in [0.15, 0.2) is 0 Å². The molecule has 2 amide bonds. The third kappa shape index (κ3) is 3.16. The maximum Gasteiger partial charge on any atom is 0.258 e. The molecule has 23 heavy (non-hydrogen) atoms. The normalized spacial score (nSPS) is 13.8. The maximum absolute atomic E-state index is 11.9. The standard InChI is InChI=1S/C19H17NO3/c21-17-11-4-2-7-15(17)9-5-8-14-6-1-3-10-16(14)20-18(22)12-13-19(20)23/h1-4,6-7,10-13,21H,5,8-9H2. The highest BCUT2D eigenvalue weighted by Gasteiger charge is 2.26. The van der Waals surface area contributed by atoms with Crippen molar-refractivity contribution >= 4 is 17.5 Å². The van der Waals surface area contributed by atoms with E-state index in [-0.39, 0.29) is 11.8 Å². The highest BCUT2D eigenvalue weighted by molar-refractivity contribution is 6.28. The van der Waals surface area contributed by atoms with Crippen LogP contribution in [0.3, 0.4) is 0 Å². The molecule has 1 aliphatic heterocycles. The summed E-state index contributed by atoms with van der Waals surface area (Å²) in [6, 6.07) is 14.7. The summed E-state index contributed by atoms with van der Waals surface area (Å²) in [4.78, 5) is 24.9. The average molecular weight is 307 g/mol. The van der Waals surface area contributed by atoms with Gasteiger partial charge in [-0.2, -0.15) is 0 Å². The second-order valence-electron chi connectivity index (χ2n) is 5.46. The molecule has 4 nitrogen and oxygen atoms in total. The number of aryl methyl sites for hydroxylation is 2. The number of phenols is 1. The van der Waals surface area contributed by atoms with Crippen LogP contribution in [0.5, 0.6) is 5.75 Å². The molecule has 0 saturated carbocycles. The van der Waals surface area contributed by atoms with Gasteiger partial charge in [0.25, 0.3) is 11.8 Å². The molecule has 2 aromatic rings. The predicted octanol–water partition coefficient (Wildman–Crippen LogP) is 3.00. The van der Waals surface area contributed by atoms with Crippen LogP contribution in [0.15, 0.2) is 60.7 Å². The van der Waals surface area contributed by atoms with Gasteiger partial charge in [0.1, 0.15) is 5.75 Å². The highest BCUT2D eigenvalue weighted by Crippen LogP contribution is 2.26. The summed E-state index contributed by atoms with van der Waals surface area (Å²) in [5.74, 6) is -0.304. The number of carbonyl (C=O) groups excluding carboxylic acids is 2. The minimum Gasteiger partial charge on any atom is -0.508 e. The molecule has 0 atom stereocenters. The fourth-order valence-corrected chi connectivity index (χ4v) is 2.77. The van der Waals surface area contributed by atoms with E-state index in [9.17, 15) is 14.7 Å². The number of benzene rings is 2. The molecule has 0 aliphatic carbocycles. The Bertz CT molecular complexity index is 762. The predicted molar refractivity (Wildman–Crippen MR) is 88.2 cm³/mol. The van der Waals surface area contributed by atoms with Crippen LogP contribution in [0.25, 0.3) is 0 Å². The topological polar surface area (TPSA) is 57.6 Å². The van der Waals surface area contributed by atoms with Gasteiger partial charge in [-0.3, -0.25) is 9.59 Å². The number of anilines is 1. The summed E-state index contributed by atoms with van der Waals surface area (Å²) in [6.07, 6.45) is 4.86. The Kier molecular flexibility index (Phi) is 4.24. The van der Waals surface area contributed by atoms with Crippen molar-refractivity contribution in [1.29, 1.82) is 0 Å². The van der Waals surface area contributed by atoms with E-state index in [1.165, 1.54) is 17.1 Å². The van der Waals surface area contributed by atoms with Gasteiger partial charge < -0.3 is 5.11 Å². The van der Waals surface area contributed by atoms with Crippen LogP contribution in [-0.4, -0.2) is 16.9 Å². The van der Waals surface area contributed by atoms with Gasteiger partial charge in [0, 0.05) is 12.2 Å². The molecule has 1 N–H and O–H groups in total. The van der Waals surface area contributed by atoms with Crippen LogP contribution in [0.2, 0.25) is 0 Å². The number of nitrogens with zero attached hydrogens (tertiary/aromatic N) is 1. The van der Waals surface area contributed by atoms with Crippen LogP contribution in [-0.2, 0) is 22.4 Å². The Morgan fingerprint density at radius 3 is 2.04 bits per heavy atom. The van der Waals surface area contributed by atoms with Gasteiger partial charge in [-0.05, 0) is 42.5 Å². The molecular weight excluding hydrogens is 290 g/mol. The molecular formula is C19H17NO3. The van der Waals surface area contributed by atoms with Gasteiger partial charge in [0.05, 0.1) is 5.69 Å². The Morgan fingerprint density at radius 1 is 0.783 bits per heavy atom. The van der Waals surface area contributed by atoms with E-state index in [0.717, 1.165) is 30.4 Å². The lowest BCUT2D eigenvalue weighted by Crippen LogP contribution is -2.30. The fourth-order valence-electron chi connectivity index (χ4n) is 2.77. The largest absolute Gasteiger partial charge is 0.508 e.